The zero-order valence-electron chi connectivity index (χ0n) is 11.9. The van der Waals surface area contributed by atoms with Gasteiger partial charge in [-0.25, -0.2) is 18.7 Å². The van der Waals surface area contributed by atoms with E-state index in [-0.39, 0.29) is 12.0 Å². The monoisotopic (exact) mass is 311 g/mol. The van der Waals surface area contributed by atoms with Gasteiger partial charge in [0.25, 0.3) is 5.91 Å². The van der Waals surface area contributed by atoms with Crippen molar-refractivity contribution in [2.75, 3.05) is 0 Å². The van der Waals surface area contributed by atoms with E-state index in [0.29, 0.717) is 6.07 Å². The highest BCUT2D eigenvalue weighted by Gasteiger charge is 2.18. The third-order valence-electron chi connectivity index (χ3n) is 2.74. The number of nitrogens with zero attached hydrogens (tertiary/aromatic N) is 2. The summed E-state index contributed by atoms with van der Waals surface area (Å²) in [6, 6.07) is 0.628. The summed E-state index contributed by atoms with van der Waals surface area (Å²) in [7, 11) is 0. The average Bonchev–Trinajstić information content (AvgIpc) is 2.84. The van der Waals surface area contributed by atoms with Crippen molar-refractivity contribution in [3.8, 4) is 0 Å². The molecule has 0 saturated heterocycles. The summed E-state index contributed by atoms with van der Waals surface area (Å²) in [5.41, 5.74) is 0.440. The summed E-state index contributed by atoms with van der Waals surface area (Å²) in [5, 5.41) is 5.17. The molecule has 0 saturated carbocycles. The standard InChI is InChI=1S/C14H15F2N3OS/c1-14(2,3)10-7-21-11(19-10)6-18-13(20)12-9(16)4-8(15)5-17-12/h4-5,7H,6H2,1-3H3,(H,18,20). The summed E-state index contributed by atoms with van der Waals surface area (Å²) in [4.78, 5) is 19.7. The molecule has 0 spiro atoms. The van der Waals surface area contributed by atoms with E-state index in [1.165, 1.54) is 11.3 Å². The summed E-state index contributed by atoms with van der Waals surface area (Å²) in [6.07, 6.45) is 0.805. The van der Waals surface area contributed by atoms with Crippen molar-refractivity contribution >= 4 is 17.2 Å². The van der Waals surface area contributed by atoms with E-state index >= 15 is 0 Å². The Morgan fingerprint density at radius 3 is 2.67 bits per heavy atom. The second kappa shape index (κ2) is 5.85. The summed E-state index contributed by atoms with van der Waals surface area (Å²) >= 11 is 1.42. The molecular weight excluding hydrogens is 296 g/mol. The van der Waals surface area contributed by atoms with Gasteiger partial charge in [-0.1, -0.05) is 20.8 Å². The highest BCUT2D eigenvalue weighted by atomic mass is 32.1. The molecule has 0 aliphatic heterocycles. The van der Waals surface area contributed by atoms with Crippen LogP contribution in [0.5, 0.6) is 0 Å². The van der Waals surface area contributed by atoms with Gasteiger partial charge in [-0.05, 0) is 0 Å². The van der Waals surface area contributed by atoms with Gasteiger partial charge < -0.3 is 5.32 Å². The molecular formula is C14H15F2N3OS. The first-order chi connectivity index (χ1) is 9.77. The Balaban J connectivity index is 2.03. The molecule has 1 N–H and O–H groups in total. The highest BCUT2D eigenvalue weighted by molar-refractivity contribution is 7.09. The molecule has 2 aromatic heterocycles. The maximum absolute atomic E-state index is 13.4. The molecule has 0 unspecified atom stereocenters. The number of aromatic nitrogens is 2. The molecule has 112 valence electrons. The van der Waals surface area contributed by atoms with Gasteiger partial charge in [-0.3, -0.25) is 4.79 Å². The van der Waals surface area contributed by atoms with Crippen LogP contribution < -0.4 is 5.32 Å². The molecule has 21 heavy (non-hydrogen) atoms. The van der Waals surface area contributed by atoms with Gasteiger partial charge in [0.05, 0.1) is 18.4 Å². The van der Waals surface area contributed by atoms with E-state index in [1.54, 1.807) is 0 Å². The van der Waals surface area contributed by atoms with E-state index in [1.807, 2.05) is 26.2 Å². The van der Waals surface area contributed by atoms with Crippen LogP contribution in [0, 0.1) is 11.6 Å². The number of halogens is 2. The van der Waals surface area contributed by atoms with Gasteiger partial charge >= 0.3 is 0 Å². The van der Waals surface area contributed by atoms with Gasteiger partial charge in [-0.2, -0.15) is 0 Å². The third kappa shape index (κ3) is 3.81. The number of nitrogens with one attached hydrogen (secondary N) is 1. The van der Waals surface area contributed by atoms with Crippen LogP contribution >= 0.6 is 11.3 Å². The molecule has 0 radical (unpaired) electrons. The van der Waals surface area contributed by atoms with Gasteiger partial charge in [0.1, 0.15) is 10.8 Å². The van der Waals surface area contributed by atoms with Crippen LogP contribution in [0.2, 0.25) is 0 Å². The zero-order valence-corrected chi connectivity index (χ0v) is 12.7. The summed E-state index contributed by atoms with van der Waals surface area (Å²) in [6.45, 7) is 6.31. The second-order valence-corrected chi connectivity index (χ2v) is 6.49. The van der Waals surface area contributed by atoms with Crippen molar-refractivity contribution in [2.24, 2.45) is 0 Å². The Bertz CT molecular complexity index is 664. The number of carbonyl (C=O) groups excluding carboxylic acids is 1. The molecule has 0 atom stereocenters. The first-order valence-corrected chi connectivity index (χ1v) is 7.19. The van der Waals surface area contributed by atoms with Crippen LogP contribution in [0.4, 0.5) is 8.78 Å². The molecule has 4 nitrogen and oxygen atoms in total. The van der Waals surface area contributed by atoms with Crippen molar-refractivity contribution in [1.82, 2.24) is 15.3 Å². The fourth-order valence-electron chi connectivity index (χ4n) is 1.56. The highest BCUT2D eigenvalue weighted by Crippen LogP contribution is 2.23. The molecule has 0 fully saturated rings. The molecule has 0 aliphatic rings. The molecule has 0 bridgehead atoms. The topological polar surface area (TPSA) is 54.9 Å². The average molecular weight is 311 g/mol. The van der Waals surface area contributed by atoms with E-state index in [2.05, 4.69) is 15.3 Å². The first-order valence-electron chi connectivity index (χ1n) is 6.31. The number of carbonyl (C=O) groups is 1. The molecule has 0 aromatic carbocycles. The van der Waals surface area contributed by atoms with Crippen LogP contribution in [0.15, 0.2) is 17.6 Å². The quantitative estimate of drug-likeness (QED) is 0.948. The van der Waals surface area contributed by atoms with Crippen molar-refractivity contribution in [1.29, 1.82) is 0 Å². The minimum absolute atomic E-state index is 0.0661. The predicted molar refractivity (Wildman–Crippen MR) is 76.1 cm³/mol. The smallest absolute Gasteiger partial charge is 0.273 e. The van der Waals surface area contributed by atoms with E-state index < -0.39 is 23.2 Å². The number of hydrogen-bond acceptors (Lipinski definition) is 4. The minimum atomic E-state index is -0.984. The Hall–Kier alpha value is -1.89. The van der Waals surface area contributed by atoms with Crippen LogP contribution in [-0.2, 0) is 12.0 Å². The Kier molecular flexibility index (Phi) is 4.32. The number of hydrogen-bond donors (Lipinski definition) is 1. The summed E-state index contributed by atoms with van der Waals surface area (Å²) in [5.74, 6) is -2.50. The Morgan fingerprint density at radius 2 is 2.10 bits per heavy atom. The van der Waals surface area contributed by atoms with Gasteiger partial charge in [-0.15, -0.1) is 11.3 Å². The zero-order chi connectivity index (χ0) is 15.6. The number of pyridine rings is 1. The lowest BCUT2D eigenvalue weighted by Crippen LogP contribution is -2.25. The number of thiazole rings is 1. The first kappa shape index (κ1) is 15.5. The lowest BCUT2D eigenvalue weighted by molar-refractivity contribution is 0.0941. The molecule has 7 heteroatoms. The fraction of sp³-hybridized carbons (Fsp3) is 0.357. The molecule has 1 amide bonds. The molecule has 2 rings (SSSR count). The molecule has 0 aliphatic carbocycles. The number of amides is 1. The van der Waals surface area contributed by atoms with E-state index in [9.17, 15) is 13.6 Å². The van der Waals surface area contributed by atoms with Crippen molar-refractivity contribution < 1.29 is 13.6 Å². The van der Waals surface area contributed by atoms with Crippen LogP contribution in [0.3, 0.4) is 0 Å². The van der Waals surface area contributed by atoms with E-state index in [0.717, 1.165) is 16.9 Å². The number of rotatable bonds is 3. The normalized spacial score (nSPS) is 11.5. The van der Waals surface area contributed by atoms with Crippen molar-refractivity contribution in [3.63, 3.8) is 0 Å². The molecule has 2 heterocycles. The Labute approximate surface area is 125 Å². The lowest BCUT2D eigenvalue weighted by atomic mass is 9.93. The van der Waals surface area contributed by atoms with Crippen LogP contribution in [0.25, 0.3) is 0 Å². The summed E-state index contributed by atoms with van der Waals surface area (Å²) < 4.78 is 26.1. The maximum atomic E-state index is 13.4. The van der Waals surface area contributed by atoms with Gasteiger partial charge in [0.15, 0.2) is 11.5 Å². The van der Waals surface area contributed by atoms with E-state index in [4.69, 9.17) is 0 Å². The fourth-order valence-corrected chi connectivity index (χ4v) is 2.52. The van der Waals surface area contributed by atoms with Crippen LogP contribution in [0.1, 0.15) is 42.0 Å². The predicted octanol–water partition coefficient (Wildman–Crippen LogP) is 3.04. The Morgan fingerprint density at radius 1 is 1.38 bits per heavy atom. The largest absolute Gasteiger partial charge is 0.344 e. The van der Waals surface area contributed by atoms with Gasteiger partial charge in [0, 0.05) is 16.9 Å². The second-order valence-electron chi connectivity index (χ2n) is 5.54. The third-order valence-corrected chi connectivity index (χ3v) is 3.59. The minimum Gasteiger partial charge on any atom is -0.344 e. The van der Waals surface area contributed by atoms with Gasteiger partial charge in [0.2, 0.25) is 0 Å². The molecule has 2 aromatic rings. The van der Waals surface area contributed by atoms with Crippen molar-refractivity contribution in [2.45, 2.75) is 32.7 Å². The van der Waals surface area contributed by atoms with Crippen molar-refractivity contribution in [3.05, 3.63) is 45.7 Å². The lowest BCUT2D eigenvalue weighted by Gasteiger charge is -2.14. The van der Waals surface area contributed by atoms with Crippen LogP contribution in [-0.4, -0.2) is 15.9 Å². The maximum Gasteiger partial charge on any atom is 0.273 e. The SMILES string of the molecule is CC(C)(C)c1csc(CNC(=O)c2ncc(F)cc2F)n1.